The van der Waals surface area contributed by atoms with Crippen LogP contribution in [0, 0.1) is 6.92 Å². The lowest BCUT2D eigenvalue weighted by Crippen LogP contribution is -2.49. The Morgan fingerprint density at radius 1 is 1.19 bits per heavy atom. The summed E-state index contributed by atoms with van der Waals surface area (Å²) in [6, 6.07) is 15.1. The van der Waals surface area contributed by atoms with Crippen molar-refractivity contribution in [2.45, 2.75) is 32.4 Å². The van der Waals surface area contributed by atoms with Crippen LogP contribution >= 0.6 is 15.9 Å². The van der Waals surface area contributed by atoms with E-state index >= 15 is 0 Å². The zero-order chi connectivity index (χ0) is 19.2. The van der Waals surface area contributed by atoms with Crippen molar-refractivity contribution in [1.82, 2.24) is 10.2 Å². The molecule has 1 aliphatic heterocycles. The van der Waals surface area contributed by atoms with E-state index in [0.29, 0.717) is 18.7 Å². The van der Waals surface area contributed by atoms with Gasteiger partial charge in [-0.1, -0.05) is 52.3 Å². The minimum atomic E-state index is -0.337. The molecule has 142 valence electrons. The molecule has 1 fully saturated rings. The number of nitrogens with zero attached hydrogens (tertiary/aromatic N) is 1. The van der Waals surface area contributed by atoms with E-state index in [1.807, 2.05) is 55.5 Å². The number of rotatable bonds is 4. The molecule has 0 bridgehead atoms. The number of ether oxygens (including phenoxy) is 1. The number of hydrogen-bond acceptors (Lipinski definition) is 3. The highest BCUT2D eigenvalue weighted by Gasteiger charge is 2.26. The molecule has 5 nitrogen and oxygen atoms in total. The molecule has 0 spiro atoms. The predicted octanol–water partition coefficient (Wildman–Crippen LogP) is 4.29. The fourth-order valence-corrected chi connectivity index (χ4v) is 3.55. The third-order valence-corrected chi connectivity index (χ3v) is 5.59. The Morgan fingerprint density at radius 3 is 2.74 bits per heavy atom. The molecule has 0 radical (unpaired) electrons. The van der Waals surface area contributed by atoms with Crippen LogP contribution in [0.3, 0.4) is 0 Å². The smallest absolute Gasteiger partial charge is 0.410 e. The number of piperidine rings is 1. The van der Waals surface area contributed by atoms with E-state index in [9.17, 15) is 9.59 Å². The van der Waals surface area contributed by atoms with Gasteiger partial charge in [0.05, 0.1) is 0 Å². The molecule has 1 heterocycles. The zero-order valence-electron chi connectivity index (χ0n) is 15.3. The molecular weight excluding hydrogens is 408 g/mol. The van der Waals surface area contributed by atoms with Gasteiger partial charge in [-0.25, -0.2) is 4.79 Å². The van der Waals surface area contributed by atoms with Crippen molar-refractivity contribution in [2.75, 3.05) is 13.1 Å². The number of benzene rings is 2. The maximum Gasteiger partial charge on any atom is 0.410 e. The molecule has 3 rings (SSSR count). The number of amides is 2. The summed E-state index contributed by atoms with van der Waals surface area (Å²) in [5, 5.41) is 3.05. The summed E-state index contributed by atoms with van der Waals surface area (Å²) in [5.74, 6) is -0.113. The number of halogens is 1. The quantitative estimate of drug-likeness (QED) is 0.786. The minimum Gasteiger partial charge on any atom is -0.445 e. The van der Waals surface area contributed by atoms with E-state index in [0.717, 1.165) is 28.4 Å². The molecule has 1 aliphatic rings. The van der Waals surface area contributed by atoms with E-state index in [-0.39, 0.29) is 24.6 Å². The summed E-state index contributed by atoms with van der Waals surface area (Å²) < 4.78 is 6.32. The summed E-state index contributed by atoms with van der Waals surface area (Å²) in [5.41, 5.74) is 2.51. The van der Waals surface area contributed by atoms with Gasteiger partial charge < -0.3 is 15.0 Å². The largest absolute Gasteiger partial charge is 0.445 e. The van der Waals surface area contributed by atoms with Crippen molar-refractivity contribution in [3.63, 3.8) is 0 Å². The summed E-state index contributed by atoms with van der Waals surface area (Å²) in [6.45, 7) is 3.28. The molecule has 1 unspecified atom stereocenters. The monoisotopic (exact) mass is 430 g/mol. The molecule has 27 heavy (non-hydrogen) atoms. The van der Waals surface area contributed by atoms with E-state index in [4.69, 9.17) is 4.74 Å². The maximum absolute atomic E-state index is 12.6. The van der Waals surface area contributed by atoms with Crippen LogP contribution in [0.4, 0.5) is 4.79 Å². The minimum absolute atomic E-state index is 0.0751. The SMILES string of the molecule is Cc1c(Br)cccc1C(=O)NC1CCCN(C(=O)OCc2ccccc2)C1. The lowest BCUT2D eigenvalue weighted by Gasteiger charge is -2.32. The first kappa shape index (κ1) is 19.4. The number of carbonyl (C=O) groups excluding carboxylic acids is 2. The van der Waals surface area contributed by atoms with E-state index in [1.54, 1.807) is 4.90 Å². The third kappa shape index (κ3) is 5.10. The lowest BCUT2D eigenvalue weighted by atomic mass is 10.0. The van der Waals surface area contributed by atoms with Crippen LogP contribution in [-0.4, -0.2) is 36.0 Å². The fourth-order valence-electron chi connectivity index (χ4n) is 3.19. The van der Waals surface area contributed by atoms with Gasteiger partial charge in [-0.2, -0.15) is 0 Å². The first-order valence-corrected chi connectivity index (χ1v) is 9.85. The van der Waals surface area contributed by atoms with E-state index < -0.39 is 0 Å². The Kier molecular flexibility index (Phi) is 6.50. The molecular formula is C21H23BrN2O3. The number of hydrogen-bond donors (Lipinski definition) is 1. The molecule has 2 amide bonds. The maximum atomic E-state index is 12.6. The second-order valence-corrected chi connectivity index (χ2v) is 7.57. The van der Waals surface area contributed by atoms with Crippen molar-refractivity contribution in [1.29, 1.82) is 0 Å². The molecule has 1 N–H and O–H groups in total. The van der Waals surface area contributed by atoms with Gasteiger partial charge in [0.25, 0.3) is 5.91 Å². The Morgan fingerprint density at radius 2 is 1.96 bits per heavy atom. The highest BCUT2D eigenvalue weighted by atomic mass is 79.9. The van der Waals surface area contributed by atoms with E-state index in [1.165, 1.54) is 0 Å². The van der Waals surface area contributed by atoms with Crippen molar-refractivity contribution in [3.05, 3.63) is 69.7 Å². The second kappa shape index (κ2) is 9.04. The van der Waals surface area contributed by atoms with Gasteiger partial charge in [-0.15, -0.1) is 0 Å². The second-order valence-electron chi connectivity index (χ2n) is 6.71. The summed E-state index contributed by atoms with van der Waals surface area (Å²) in [4.78, 5) is 26.6. The molecule has 0 saturated carbocycles. The fraction of sp³-hybridized carbons (Fsp3) is 0.333. The normalized spacial score (nSPS) is 16.7. The van der Waals surface area contributed by atoms with Gasteiger partial charge in [-0.05, 0) is 43.0 Å². The molecule has 2 aromatic rings. The van der Waals surface area contributed by atoms with Crippen LogP contribution < -0.4 is 5.32 Å². The summed E-state index contributed by atoms with van der Waals surface area (Å²) >= 11 is 3.46. The Bertz CT molecular complexity index is 810. The first-order chi connectivity index (χ1) is 13.0. The van der Waals surface area contributed by atoms with Crippen LogP contribution in [0.25, 0.3) is 0 Å². The highest BCUT2D eigenvalue weighted by Crippen LogP contribution is 2.20. The summed E-state index contributed by atoms with van der Waals surface area (Å²) in [6.07, 6.45) is 1.35. The Balaban J connectivity index is 1.55. The molecule has 1 saturated heterocycles. The number of likely N-dealkylation sites (tertiary alicyclic amines) is 1. The Hall–Kier alpha value is -2.34. The molecule has 0 aliphatic carbocycles. The van der Waals surface area contributed by atoms with Crippen LogP contribution in [0.5, 0.6) is 0 Å². The topological polar surface area (TPSA) is 58.6 Å². The van der Waals surface area contributed by atoms with Crippen LogP contribution in [0.15, 0.2) is 53.0 Å². The van der Waals surface area contributed by atoms with Crippen LogP contribution in [0.1, 0.15) is 34.3 Å². The third-order valence-electron chi connectivity index (χ3n) is 4.73. The first-order valence-electron chi connectivity index (χ1n) is 9.06. The number of nitrogens with one attached hydrogen (secondary N) is 1. The standard InChI is InChI=1S/C21H23BrN2O3/c1-15-18(10-5-11-19(15)22)20(25)23-17-9-6-12-24(13-17)21(26)27-14-16-7-3-2-4-8-16/h2-5,7-8,10-11,17H,6,9,12-14H2,1H3,(H,23,25). The molecule has 0 aromatic heterocycles. The van der Waals surface area contributed by atoms with Crippen molar-refractivity contribution < 1.29 is 14.3 Å². The van der Waals surface area contributed by atoms with Crippen LogP contribution in [-0.2, 0) is 11.3 Å². The van der Waals surface area contributed by atoms with Crippen molar-refractivity contribution in [3.8, 4) is 0 Å². The Labute approximate surface area is 167 Å². The zero-order valence-corrected chi connectivity index (χ0v) is 16.9. The van der Waals surface area contributed by atoms with Gasteiger partial charge in [0.15, 0.2) is 0 Å². The molecule has 1 atom stereocenters. The molecule has 6 heteroatoms. The van der Waals surface area contributed by atoms with E-state index in [2.05, 4.69) is 21.2 Å². The molecule has 2 aromatic carbocycles. The summed E-state index contributed by atoms with van der Waals surface area (Å²) in [7, 11) is 0. The van der Waals surface area contributed by atoms with Crippen molar-refractivity contribution >= 4 is 27.9 Å². The van der Waals surface area contributed by atoms with Gasteiger partial charge in [-0.3, -0.25) is 4.79 Å². The van der Waals surface area contributed by atoms with Crippen molar-refractivity contribution in [2.24, 2.45) is 0 Å². The lowest BCUT2D eigenvalue weighted by molar-refractivity contribution is 0.0769. The predicted molar refractivity (Wildman–Crippen MR) is 108 cm³/mol. The average Bonchev–Trinajstić information content (AvgIpc) is 2.69. The van der Waals surface area contributed by atoms with Gasteiger partial charge in [0.1, 0.15) is 6.61 Å². The van der Waals surface area contributed by atoms with Crippen LogP contribution in [0.2, 0.25) is 0 Å². The average molecular weight is 431 g/mol. The highest BCUT2D eigenvalue weighted by molar-refractivity contribution is 9.10. The van der Waals surface area contributed by atoms with Gasteiger partial charge >= 0.3 is 6.09 Å². The van der Waals surface area contributed by atoms with Gasteiger partial charge in [0, 0.05) is 29.2 Å². The number of carbonyl (C=O) groups is 2. The van der Waals surface area contributed by atoms with Gasteiger partial charge in [0.2, 0.25) is 0 Å².